The van der Waals surface area contributed by atoms with Crippen LogP contribution in [0.15, 0.2) is 0 Å². The van der Waals surface area contributed by atoms with E-state index in [2.05, 4.69) is 5.32 Å². The third-order valence-electron chi connectivity index (χ3n) is 3.57. The summed E-state index contributed by atoms with van der Waals surface area (Å²) in [4.78, 5) is 11.2. The van der Waals surface area contributed by atoms with Gasteiger partial charge in [0.2, 0.25) is 5.91 Å². The number of nitrogens with one attached hydrogen (secondary N) is 1. The molecular weight excluding hydrogens is 204 g/mol. The molecule has 0 aromatic heterocycles. The molecule has 94 valence electrons. The van der Waals surface area contributed by atoms with E-state index >= 15 is 0 Å². The maximum atomic E-state index is 11.2. The van der Waals surface area contributed by atoms with Crippen LogP contribution in [0.2, 0.25) is 0 Å². The minimum atomic E-state index is -0.598. The summed E-state index contributed by atoms with van der Waals surface area (Å²) in [6.45, 7) is 2.57. The number of ether oxygens (including phenoxy) is 1. The Hall–Kier alpha value is -0.610. The molecule has 0 aromatic carbocycles. The lowest BCUT2D eigenvalue weighted by Crippen LogP contribution is -2.51. The third kappa shape index (κ3) is 3.76. The molecule has 4 heteroatoms. The summed E-state index contributed by atoms with van der Waals surface area (Å²) < 4.78 is 5.74. The van der Waals surface area contributed by atoms with Crippen molar-refractivity contribution in [2.45, 2.75) is 57.1 Å². The number of carbonyl (C=O) groups excluding carboxylic acids is 1. The van der Waals surface area contributed by atoms with Gasteiger partial charge in [-0.15, -0.1) is 0 Å². The van der Waals surface area contributed by atoms with Gasteiger partial charge in [0, 0.05) is 6.61 Å². The monoisotopic (exact) mass is 228 g/mol. The van der Waals surface area contributed by atoms with Crippen LogP contribution < -0.4 is 11.1 Å². The highest BCUT2D eigenvalue weighted by Gasteiger charge is 2.28. The van der Waals surface area contributed by atoms with Crippen molar-refractivity contribution >= 4 is 5.91 Å². The van der Waals surface area contributed by atoms with Crippen LogP contribution in [0, 0.1) is 0 Å². The van der Waals surface area contributed by atoms with Crippen LogP contribution in [-0.4, -0.2) is 31.2 Å². The van der Waals surface area contributed by atoms with E-state index in [0.29, 0.717) is 6.10 Å². The Kier molecular flexibility index (Phi) is 5.22. The molecule has 0 saturated heterocycles. The second-order valence-corrected chi connectivity index (χ2v) is 4.83. The van der Waals surface area contributed by atoms with Crippen LogP contribution >= 0.6 is 0 Å². The average Bonchev–Trinajstić information content (AvgIpc) is 2.76. The predicted molar refractivity (Wildman–Crippen MR) is 64.1 cm³/mol. The molecule has 1 amide bonds. The molecule has 0 bridgehead atoms. The molecule has 1 rings (SSSR count). The van der Waals surface area contributed by atoms with E-state index in [1.807, 2.05) is 6.92 Å². The fraction of sp³-hybridized carbons (Fsp3) is 0.917. The molecule has 0 heterocycles. The van der Waals surface area contributed by atoms with Crippen LogP contribution in [-0.2, 0) is 9.53 Å². The number of primary amides is 1. The first-order valence-electron chi connectivity index (χ1n) is 6.19. The topological polar surface area (TPSA) is 64.3 Å². The molecule has 1 atom stereocenters. The number of hydrogen-bond acceptors (Lipinski definition) is 3. The number of rotatable bonds is 7. The van der Waals surface area contributed by atoms with E-state index in [1.54, 1.807) is 7.05 Å². The summed E-state index contributed by atoms with van der Waals surface area (Å²) in [5, 5.41) is 2.98. The van der Waals surface area contributed by atoms with E-state index in [9.17, 15) is 4.79 Å². The smallest absolute Gasteiger partial charge is 0.237 e. The number of nitrogens with two attached hydrogens (primary N) is 1. The number of hydrogen-bond donors (Lipinski definition) is 2. The molecule has 0 spiro atoms. The highest BCUT2D eigenvalue weighted by molar-refractivity contribution is 5.84. The predicted octanol–water partition coefficient (Wildman–Crippen LogP) is 1.19. The summed E-state index contributed by atoms with van der Waals surface area (Å²) in [5.74, 6) is -0.295. The minimum absolute atomic E-state index is 0.295. The van der Waals surface area contributed by atoms with Gasteiger partial charge in [0.15, 0.2) is 0 Å². The van der Waals surface area contributed by atoms with E-state index in [0.717, 1.165) is 19.4 Å². The molecule has 4 nitrogen and oxygen atoms in total. The molecule has 1 fully saturated rings. The van der Waals surface area contributed by atoms with Crippen LogP contribution in [0.5, 0.6) is 0 Å². The van der Waals surface area contributed by atoms with Gasteiger partial charge in [-0.3, -0.25) is 4.79 Å². The van der Waals surface area contributed by atoms with E-state index < -0.39 is 5.54 Å². The second-order valence-electron chi connectivity index (χ2n) is 4.83. The molecule has 3 N–H and O–H groups in total. The van der Waals surface area contributed by atoms with Crippen molar-refractivity contribution in [2.24, 2.45) is 5.73 Å². The minimum Gasteiger partial charge on any atom is -0.378 e. The number of amides is 1. The molecule has 1 aliphatic rings. The Balaban J connectivity index is 2.15. The average molecular weight is 228 g/mol. The van der Waals surface area contributed by atoms with Gasteiger partial charge in [-0.05, 0) is 39.7 Å². The summed E-state index contributed by atoms with van der Waals surface area (Å²) >= 11 is 0. The Morgan fingerprint density at radius 1 is 1.50 bits per heavy atom. The normalized spacial score (nSPS) is 20.9. The van der Waals surface area contributed by atoms with Crippen molar-refractivity contribution in [3.63, 3.8) is 0 Å². The van der Waals surface area contributed by atoms with Crippen molar-refractivity contribution in [3.05, 3.63) is 0 Å². The second kappa shape index (κ2) is 6.21. The van der Waals surface area contributed by atoms with Gasteiger partial charge >= 0.3 is 0 Å². The van der Waals surface area contributed by atoms with Gasteiger partial charge < -0.3 is 15.8 Å². The molecule has 1 saturated carbocycles. The van der Waals surface area contributed by atoms with E-state index in [-0.39, 0.29) is 5.91 Å². The molecule has 1 unspecified atom stereocenters. The zero-order valence-corrected chi connectivity index (χ0v) is 10.4. The molecular formula is C12H24N2O2. The lowest BCUT2D eigenvalue weighted by atomic mass is 9.95. The largest absolute Gasteiger partial charge is 0.378 e. The van der Waals surface area contributed by atoms with Crippen LogP contribution in [0.4, 0.5) is 0 Å². The summed E-state index contributed by atoms with van der Waals surface area (Å²) in [7, 11) is 1.77. The Morgan fingerprint density at radius 2 is 2.12 bits per heavy atom. The lowest BCUT2D eigenvalue weighted by molar-refractivity contribution is -0.124. The van der Waals surface area contributed by atoms with Gasteiger partial charge in [-0.1, -0.05) is 12.8 Å². The first-order valence-corrected chi connectivity index (χ1v) is 6.19. The molecule has 16 heavy (non-hydrogen) atoms. The number of likely N-dealkylation sites (N-methyl/N-ethyl adjacent to an activating group) is 1. The SMILES string of the molecule is CNC(C)(CCCOC1CCCC1)C(N)=O. The zero-order valence-electron chi connectivity index (χ0n) is 10.4. The van der Waals surface area contributed by atoms with Gasteiger partial charge in [-0.25, -0.2) is 0 Å². The Labute approximate surface area is 97.9 Å². The Morgan fingerprint density at radius 3 is 2.62 bits per heavy atom. The van der Waals surface area contributed by atoms with Gasteiger partial charge in [0.25, 0.3) is 0 Å². The molecule has 0 aliphatic heterocycles. The third-order valence-corrected chi connectivity index (χ3v) is 3.57. The van der Waals surface area contributed by atoms with Crippen molar-refractivity contribution in [2.75, 3.05) is 13.7 Å². The summed E-state index contributed by atoms with van der Waals surface area (Å²) in [5.41, 5.74) is 4.75. The zero-order chi connectivity index (χ0) is 12.0. The van der Waals surface area contributed by atoms with Crippen molar-refractivity contribution < 1.29 is 9.53 Å². The van der Waals surface area contributed by atoms with Crippen LogP contribution in [0.3, 0.4) is 0 Å². The summed E-state index contributed by atoms with van der Waals surface area (Å²) in [6, 6.07) is 0. The fourth-order valence-corrected chi connectivity index (χ4v) is 2.10. The summed E-state index contributed by atoms with van der Waals surface area (Å²) in [6.07, 6.45) is 7.02. The lowest BCUT2D eigenvalue weighted by Gasteiger charge is -2.25. The number of carbonyl (C=O) groups is 1. The Bertz CT molecular complexity index is 227. The van der Waals surface area contributed by atoms with Crippen molar-refractivity contribution in [1.82, 2.24) is 5.32 Å². The van der Waals surface area contributed by atoms with Crippen molar-refractivity contribution in [3.8, 4) is 0 Å². The van der Waals surface area contributed by atoms with E-state index in [4.69, 9.17) is 10.5 Å². The van der Waals surface area contributed by atoms with E-state index in [1.165, 1.54) is 25.7 Å². The van der Waals surface area contributed by atoms with Crippen LogP contribution in [0.1, 0.15) is 45.4 Å². The standard InChI is InChI=1S/C12H24N2O2/c1-12(14-2,11(13)15)8-5-9-16-10-6-3-4-7-10/h10,14H,3-9H2,1-2H3,(H2,13,15). The molecule has 0 aromatic rings. The van der Waals surface area contributed by atoms with Crippen molar-refractivity contribution in [1.29, 1.82) is 0 Å². The van der Waals surface area contributed by atoms with Gasteiger partial charge in [0.1, 0.15) is 0 Å². The fourth-order valence-electron chi connectivity index (χ4n) is 2.10. The first-order chi connectivity index (χ1) is 7.58. The highest BCUT2D eigenvalue weighted by Crippen LogP contribution is 2.21. The maximum absolute atomic E-state index is 11.2. The highest BCUT2D eigenvalue weighted by atomic mass is 16.5. The molecule has 1 aliphatic carbocycles. The van der Waals surface area contributed by atoms with Crippen LogP contribution in [0.25, 0.3) is 0 Å². The van der Waals surface area contributed by atoms with Gasteiger partial charge in [0.05, 0.1) is 11.6 Å². The quantitative estimate of drug-likeness (QED) is 0.643. The molecule has 0 radical (unpaired) electrons. The maximum Gasteiger partial charge on any atom is 0.237 e. The van der Waals surface area contributed by atoms with Gasteiger partial charge in [-0.2, -0.15) is 0 Å². The first kappa shape index (κ1) is 13.5.